The molecule has 2 aliphatic heterocycles. The number of hydrogen-bond acceptors (Lipinski definition) is 5. The van der Waals surface area contributed by atoms with E-state index in [2.05, 4.69) is 0 Å². The highest BCUT2D eigenvalue weighted by Gasteiger charge is 2.48. The van der Waals surface area contributed by atoms with Crippen LogP contribution < -0.4 is 0 Å². The highest BCUT2D eigenvalue weighted by Crippen LogP contribution is 2.32. The van der Waals surface area contributed by atoms with Gasteiger partial charge in [0.1, 0.15) is 24.6 Å². The number of aryl methyl sites for hydroxylation is 1. The molecule has 4 rings (SSSR count). The van der Waals surface area contributed by atoms with Gasteiger partial charge in [-0.15, -0.1) is 0 Å². The average molecular weight is 593 g/mol. The predicted molar refractivity (Wildman–Crippen MR) is 146 cm³/mol. The molecule has 0 radical (unpaired) electrons. The smallest absolute Gasteiger partial charge is 0.416 e. The molecular weight excluding hydrogens is 556 g/mol. The van der Waals surface area contributed by atoms with Crippen LogP contribution >= 0.6 is 0 Å². The number of ether oxygens (including phenoxy) is 1. The highest BCUT2D eigenvalue weighted by molar-refractivity contribution is 5.90. The van der Waals surface area contributed by atoms with Crippen molar-refractivity contribution in [3.8, 4) is 0 Å². The molecule has 2 aliphatic rings. The molecule has 8 nitrogen and oxygen atoms in total. The molecule has 0 spiro atoms. The molecule has 2 saturated heterocycles. The van der Waals surface area contributed by atoms with Crippen molar-refractivity contribution in [1.29, 1.82) is 0 Å². The Labute approximate surface area is 242 Å². The third-order valence-corrected chi connectivity index (χ3v) is 7.53. The maximum absolute atomic E-state index is 13.7. The third-order valence-electron chi connectivity index (χ3n) is 7.53. The summed E-state index contributed by atoms with van der Waals surface area (Å²) < 4.78 is 58.8. The van der Waals surface area contributed by atoms with Crippen LogP contribution in [0.5, 0.6) is 0 Å². The zero-order chi connectivity index (χ0) is 30.6. The lowest BCUT2D eigenvalue weighted by molar-refractivity contribution is -0.169. The molecule has 42 heavy (non-hydrogen) atoms. The number of rotatable bonds is 9. The van der Waals surface area contributed by atoms with Crippen molar-refractivity contribution in [2.45, 2.75) is 64.1 Å². The van der Waals surface area contributed by atoms with Crippen molar-refractivity contribution in [2.24, 2.45) is 0 Å². The van der Waals surface area contributed by atoms with Gasteiger partial charge in [0, 0.05) is 19.5 Å². The minimum absolute atomic E-state index is 0.00624. The monoisotopic (exact) mass is 592 g/mol. The first-order chi connectivity index (χ1) is 19.8. The molecule has 0 unspecified atom stereocenters. The SMILES string of the molecule is Cc1cc(COC(=O)N2CCC(=O)N3[C@@H]2CN(Cc2ccc(F)cc2)C(=O)[C@@H]3CCCCN(C)C)cc(C(F)(F)F)c1. The van der Waals surface area contributed by atoms with Crippen LogP contribution in [0.1, 0.15) is 47.9 Å². The van der Waals surface area contributed by atoms with Crippen molar-refractivity contribution in [3.63, 3.8) is 0 Å². The molecule has 228 valence electrons. The zero-order valence-electron chi connectivity index (χ0n) is 24.0. The van der Waals surface area contributed by atoms with Gasteiger partial charge in [0.2, 0.25) is 11.8 Å². The van der Waals surface area contributed by atoms with E-state index < -0.39 is 35.9 Å². The fourth-order valence-electron chi connectivity index (χ4n) is 5.53. The number of piperazine rings is 1. The first kappa shape index (κ1) is 31.3. The summed E-state index contributed by atoms with van der Waals surface area (Å²) in [6, 6.07) is 8.46. The number of alkyl halides is 3. The van der Waals surface area contributed by atoms with Gasteiger partial charge < -0.3 is 19.4 Å². The normalized spacial score (nSPS) is 19.4. The van der Waals surface area contributed by atoms with Crippen molar-refractivity contribution < 1.29 is 36.7 Å². The summed E-state index contributed by atoms with van der Waals surface area (Å²) in [5.41, 5.74) is 0.435. The van der Waals surface area contributed by atoms with Crippen LogP contribution in [0.3, 0.4) is 0 Å². The van der Waals surface area contributed by atoms with Crippen LogP contribution in [0.15, 0.2) is 42.5 Å². The minimum atomic E-state index is -4.54. The van der Waals surface area contributed by atoms with Gasteiger partial charge in [0.25, 0.3) is 0 Å². The maximum Gasteiger partial charge on any atom is 0.416 e. The topological polar surface area (TPSA) is 73.4 Å². The van der Waals surface area contributed by atoms with E-state index in [1.54, 1.807) is 17.0 Å². The van der Waals surface area contributed by atoms with Gasteiger partial charge in [-0.25, -0.2) is 9.18 Å². The van der Waals surface area contributed by atoms with Gasteiger partial charge in [0.05, 0.1) is 12.1 Å². The Kier molecular flexibility index (Phi) is 9.75. The fourth-order valence-corrected chi connectivity index (χ4v) is 5.53. The number of fused-ring (bicyclic) bond motifs is 1. The Morgan fingerprint density at radius 1 is 1.05 bits per heavy atom. The molecular formula is C30H36F4N4O4. The van der Waals surface area contributed by atoms with Crippen LogP contribution in [-0.4, -0.2) is 83.4 Å². The number of halogens is 4. The summed E-state index contributed by atoms with van der Waals surface area (Å²) in [6.07, 6.45) is -4.25. The summed E-state index contributed by atoms with van der Waals surface area (Å²) in [5.74, 6) is -0.898. The molecule has 2 aromatic carbocycles. The lowest BCUT2D eigenvalue weighted by Crippen LogP contribution is -2.71. The second-order valence-corrected chi connectivity index (χ2v) is 11.1. The molecule has 0 N–H and O–H groups in total. The Balaban J connectivity index is 1.55. The number of unbranched alkanes of at least 4 members (excludes halogenated alkanes) is 1. The van der Waals surface area contributed by atoms with Crippen LogP contribution in [-0.2, 0) is 33.7 Å². The number of amides is 3. The number of hydrogen-bond donors (Lipinski definition) is 0. The summed E-state index contributed by atoms with van der Waals surface area (Å²) in [6.45, 7) is 2.19. The first-order valence-corrected chi connectivity index (χ1v) is 13.9. The molecule has 3 amide bonds. The average Bonchev–Trinajstić information content (AvgIpc) is 2.92. The largest absolute Gasteiger partial charge is 0.444 e. The number of carbonyl (C=O) groups excluding carboxylic acids is 3. The van der Waals surface area contributed by atoms with Crippen molar-refractivity contribution >= 4 is 17.9 Å². The minimum Gasteiger partial charge on any atom is -0.444 e. The van der Waals surface area contributed by atoms with E-state index in [-0.39, 0.29) is 50.0 Å². The molecule has 0 bridgehead atoms. The number of carbonyl (C=O) groups is 3. The second kappa shape index (κ2) is 13.1. The predicted octanol–water partition coefficient (Wildman–Crippen LogP) is 4.79. The van der Waals surface area contributed by atoms with Crippen molar-refractivity contribution in [3.05, 3.63) is 70.5 Å². The molecule has 0 aliphatic carbocycles. The zero-order valence-corrected chi connectivity index (χ0v) is 24.0. The van der Waals surface area contributed by atoms with Crippen LogP contribution in [0, 0.1) is 12.7 Å². The fraction of sp³-hybridized carbons (Fsp3) is 0.500. The Hall–Kier alpha value is -3.67. The molecule has 12 heteroatoms. The Morgan fingerprint density at radius 3 is 2.43 bits per heavy atom. The Morgan fingerprint density at radius 2 is 1.76 bits per heavy atom. The number of benzene rings is 2. The molecule has 0 saturated carbocycles. The van der Waals surface area contributed by atoms with E-state index in [0.29, 0.717) is 24.0 Å². The highest BCUT2D eigenvalue weighted by atomic mass is 19.4. The molecule has 2 aromatic rings. The van der Waals surface area contributed by atoms with Gasteiger partial charge in [-0.05, 0) is 82.2 Å². The van der Waals surface area contributed by atoms with Gasteiger partial charge in [-0.2, -0.15) is 13.2 Å². The summed E-state index contributed by atoms with van der Waals surface area (Å²) in [4.78, 5) is 46.6. The second-order valence-electron chi connectivity index (χ2n) is 11.1. The van der Waals surface area contributed by atoms with Gasteiger partial charge in [-0.1, -0.05) is 23.8 Å². The molecule has 2 fully saturated rings. The van der Waals surface area contributed by atoms with Crippen LogP contribution in [0.4, 0.5) is 22.4 Å². The van der Waals surface area contributed by atoms with Crippen molar-refractivity contribution in [1.82, 2.24) is 19.6 Å². The Bertz CT molecular complexity index is 1290. The van der Waals surface area contributed by atoms with Crippen LogP contribution in [0.25, 0.3) is 0 Å². The quantitative estimate of drug-likeness (QED) is 0.309. The van der Waals surface area contributed by atoms with E-state index in [4.69, 9.17) is 4.74 Å². The van der Waals surface area contributed by atoms with Gasteiger partial charge in [-0.3, -0.25) is 14.5 Å². The molecule has 2 atom stereocenters. The standard InChI is InChI=1S/C30H36F4N4O4/c1-20-14-22(16-23(15-20)30(32,33)34)19-42-29(41)37-13-11-27(39)38-25(6-4-5-12-35(2)3)28(40)36(18-26(37)38)17-21-7-9-24(31)10-8-21/h7-10,14-16,25-26H,4-6,11-13,17-19H2,1-3H3/t25-,26+/m0/s1. The number of nitrogens with zero attached hydrogens (tertiary/aromatic N) is 4. The van der Waals surface area contributed by atoms with E-state index in [1.165, 1.54) is 34.9 Å². The summed E-state index contributed by atoms with van der Waals surface area (Å²) in [7, 11) is 3.90. The lowest BCUT2D eigenvalue weighted by Gasteiger charge is -2.52. The van der Waals surface area contributed by atoms with Crippen LogP contribution in [0.2, 0.25) is 0 Å². The van der Waals surface area contributed by atoms with E-state index >= 15 is 0 Å². The van der Waals surface area contributed by atoms with E-state index in [1.807, 2.05) is 19.0 Å². The van der Waals surface area contributed by atoms with E-state index in [9.17, 15) is 31.9 Å². The van der Waals surface area contributed by atoms with Gasteiger partial charge in [0.15, 0.2) is 0 Å². The van der Waals surface area contributed by atoms with Gasteiger partial charge >= 0.3 is 12.3 Å². The molecule has 2 heterocycles. The lowest BCUT2D eigenvalue weighted by atomic mass is 9.98. The first-order valence-electron chi connectivity index (χ1n) is 13.9. The van der Waals surface area contributed by atoms with Crippen molar-refractivity contribution in [2.75, 3.05) is 33.7 Å². The maximum atomic E-state index is 13.7. The summed E-state index contributed by atoms with van der Waals surface area (Å²) in [5, 5.41) is 0. The third kappa shape index (κ3) is 7.58. The van der Waals surface area contributed by atoms with E-state index in [0.717, 1.165) is 25.1 Å². The summed E-state index contributed by atoms with van der Waals surface area (Å²) >= 11 is 0. The molecule has 0 aromatic heterocycles.